The van der Waals surface area contributed by atoms with E-state index < -0.39 is 0 Å². The normalized spacial score (nSPS) is 23.2. The van der Waals surface area contributed by atoms with E-state index in [0.717, 1.165) is 56.7 Å². The van der Waals surface area contributed by atoms with Gasteiger partial charge in [-0.05, 0) is 54.4 Å². The first-order chi connectivity index (χ1) is 12.6. The van der Waals surface area contributed by atoms with Gasteiger partial charge in [-0.15, -0.1) is 5.10 Å². The molecule has 5 rings (SSSR count). The van der Waals surface area contributed by atoms with Gasteiger partial charge in [0.25, 0.3) is 5.91 Å². The van der Waals surface area contributed by atoms with E-state index in [1.165, 1.54) is 23.7 Å². The van der Waals surface area contributed by atoms with Crippen LogP contribution in [0.3, 0.4) is 0 Å². The molecule has 0 spiro atoms. The highest BCUT2D eigenvalue weighted by molar-refractivity contribution is 7.08. The third-order valence-electron chi connectivity index (χ3n) is 5.45. The second-order valence-electron chi connectivity index (χ2n) is 7.28. The van der Waals surface area contributed by atoms with Crippen molar-refractivity contribution < 1.29 is 9.18 Å². The van der Waals surface area contributed by atoms with Crippen LogP contribution in [0.1, 0.15) is 40.7 Å². The molecule has 3 fully saturated rings. The van der Waals surface area contributed by atoms with Crippen LogP contribution in [0.2, 0.25) is 0 Å². The summed E-state index contributed by atoms with van der Waals surface area (Å²) in [5.74, 6) is 0.380. The minimum atomic E-state index is -0.202. The first-order valence-corrected chi connectivity index (χ1v) is 10.0. The lowest BCUT2D eigenvalue weighted by atomic mass is 9.94. The quantitative estimate of drug-likeness (QED) is 0.826. The molecular formula is C19H23FN4OS. The Balaban J connectivity index is 1.49. The first-order valence-electron chi connectivity index (χ1n) is 9.23. The van der Waals surface area contributed by atoms with Gasteiger partial charge in [-0.3, -0.25) is 9.69 Å². The Bertz CT molecular complexity index is 778. The standard InChI is InChI=1S/C19H23FN4OS/c1-2-17-18(26-22-21-17)19(25)24-11-14-5-8-16(24)12-23(10-14)9-13-3-6-15(20)7-4-13/h3-4,6-7,14,16H,2,5,8-12H2,1H3/t14-,16+/m0/s1. The molecule has 1 aromatic carbocycles. The fraction of sp³-hybridized carbons (Fsp3) is 0.526. The summed E-state index contributed by atoms with van der Waals surface area (Å²) in [6.07, 6.45) is 2.94. The smallest absolute Gasteiger partial charge is 0.267 e. The Kier molecular flexibility index (Phi) is 5.00. The number of fused-ring (bicyclic) bond motifs is 4. The van der Waals surface area contributed by atoms with Gasteiger partial charge < -0.3 is 4.90 Å². The second-order valence-corrected chi connectivity index (χ2v) is 8.03. The number of aromatic nitrogens is 2. The molecule has 1 amide bonds. The summed E-state index contributed by atoms with van der Waals surface area (Å²) in [5, 5.41) is 4.09. The van der Waals surface area contributed by atoms with Crippen molar-refractivity contribution in [2.24, 2.45) is 5.92 Å². The lowest BCUT2D eigenvalue weighted by Crippen LogP contribution is -2.47. The van der Waals surface area contributed by atoms with Crippen molar-refractivity contribution in [1.29, 1.82) is 0 Å². The number of carbonyl (C=O) groups excluding carboxylic acids is 1. The first kappa shape index (κ1) is 17.5. The summed E-state index contributed by atoms with van der Waals surface area (Å²) in [5.41, 5.74) is 1.92. The summed E-state index contributed by atoms with van der Waals surface area (Å²) in [6.45, 7) is 5.47. The van der Waals surface area contributed by atoms with E-state index in [9.17, 15) is 9.18 Å². The summed E-state index contributed by atoms with van der Waals surface area (Å²) in [7, 11) is 0. The minimum absolute atomic E-state index is 0.0928. The molecule has 0 aliphatic carbocycles. The number of benzene rings is 1. The maximum atomic E-state index is 13.1. The van der Waals surface area contributed by atoms with Crippen LogP contribution in [-0.4, -0.2) is 51.0 Å². The number of piperidine rings is 1. The number of amides is 1. The van der Waals surface area contributed by atoms with E-state index in [-0.39, 0.29) is 17.8 Å². The number of rotatable bonds is 4. The molecule has 0 saturated carbocycles. The largest absolute Gasteiger partial charge is 0.333 e. The second kappa shape index (κ2) is 7.40. The van der Waals surface area contributed by atoms with E-state index >= 15 is 0 Å². The van der Waals surface area contributed by atoms with Crippen LogP contribution in [0.5, 0.6) is 0 Å². The summed E-state index contributed by atoms with van der Waals surface area (Å²) < 4.78 is 17.1. The zero-order valence-electron chi connectivity index (χ0n) is 14.9. The van der Waals surface area contributed by atoms with E-state index in [1.54, 1.807) is 0 Å². The van der Waals surface area contributed by atoms with Crippen molar-refractivity contribution in [3.05, 3.63) is 46.2 Å². The van der Waals surface area contributed by atoms with Crippen molar-refractivity contribution in [2.45, 2.75) is 38.8 Å². The molecule has 2 bridgehead atoms. The van der Waals surface area contributed by atoms with Crippen molar-refractivity contribution in [3.63, 3.8) is 0 Å². The van der Waals surface area contributed by atoms with E-state index in [0.29, 0.717) is 10.8 Å². The van der Waals surface area contributed by atoms with Crippen molar-refractivity contribution in [3.8, 4) is 0 Å². The number of carbonyl (C=O) groups is 1. The molecular weight excluding hydrogens is 351 g/mol. The molecule has 3 aliphatic rings. The van der Waals surface area contributed by atoms with E-state index in [2.05, 4.69) is 14.5 Å². The Labute approximate surface area is 157 Å². The molecule has 3 saturated heterocycles. The molecule has 1 aromatic heterocycles. The van der Waals surface area contributed by atoms with Crippen molar-refractivity contribution >= 4 is 17.4 Å². The average Bonchev–Trinajstić information content (AvgIpc) is 2.96. The Morgan fingerprint density at radius 3 is 2.81 bits per heavy atom. The monoisotopic (exact) mass is 374 g/mol. The zero-order valence-corrected chi connectivity index (χ0v) is 15.7. The molecule has 2 aromatic rings. The zero-order chi connectivity index (χ0) is 18.1. The highest BCUT2D eigenvalue weighted by atomic mass is 32.1. The molecule has 0 radical (unpaired) electrons. The van der Waals surface area contributed by atoms with Gasteiger partial charge in [0.2, 0.25) is 0 Å². The molecule has 2 atom stereocenters. The number of halogens is 1. The molecule has 3 aliphatic heterocycles. The average molecular weight is 374 g/mol. The fourth-order valence-electron chi connectivity index (χ4n) is 4.14. The summed E-state index contributed by atoms with van der Waals surface area (Å²) in [6, 6.07) is 6.96. The maximum Gasteiger partial charge on any atom is 0.267 e. The van der Waals surface area contributed by atoms with Crippen LogP contribution in [-0.2, 0) is 13.0 Å². The Morgan fingerprint density at radius 1 is 1.23 bits per heavy atom. The van der Waals surface area contributed by atoms with E-state index in [1.807, 2.05) is 24.0 Å². The maximum absolute atomic E-state index is 13.1. The summed E-state index contributed by atoms with van der Waals surface area (Å²) in [4.78, 5) is 18.2. The lowest BCUT2D eigenvalue weighted by Gasteiger charge is -2.36. The molecule has 4 heterocycles. The van der Waals surface area contributed by atoms with Gasteiger partial charge in [-0.2, -0.15) is 0 Å². The molecule has 138 valence electrons. The van der Waals surface area contributed by atoms with Crippen molar-refractivity contribution in [2.75, 3.05) is 19.6 Å². The topological polar surface area (TPSA) is 49.3 Å². The minimum Gasteiger partial charge on any atom is -0.333 e. The van der Waals surface area contributed by atoms with Gasteiger partial charge in [0.05, 0.1) is 5.69 Å². The van der Waals surface area contributed by atoms with Gasteiger partial charge in [0.1, 0.15) is 10.7 Å². The van der Waals surface area contributed by atoms with Crippen molar-refractivity contribution in [1.82, 2.24) is 19.4 Å². The van der Waals surface area contributed by atoms with Gasteiger partial charge in [-0.25, -0.2) is 4.39 Å². The van der Waals surface area contributed by atoms with E-state index in [4.69, 9.17) is 0 Å². The number of nitrogens with zero attached hydrogens (tertiary/aromatic N) is 4. The van der Waals surface area contributed by atoms with Crippen LogP contribution < -0.4 is 0 Å². The predicted octanol–water partition coefficient (Wildman–Crippen LogP) is 2.98. The fourth-order valence-corrected chi connectivity index (χ4v) is 4.84. The van der Waals surface area contributed by atoms with Gasteiger partial charge in [0, 0.05) is 32.2 Å². The van der Waals surface area contributed by atoms with Crippen LogP contribution >= 0.6 is 11.5 Å². The third kappa shape index (κ3) is 3.50. The van der Waals surface area contributed by atoms with Crippen LogP contribution in [0.15, 0.2) is 24.3 Å². The lowest BCUT2D eigenvalue weighted by molar-refractivity contribution is 0.0588. The van der Waals surface area contributed by atoms with Crippen LogP contribution in [0, 0.1) is 11.7 Å². The van der Waals surface area contributed by atoms with Gasteiger partial charge in [0.15, 0.2) is 0 Å². The SMILES string of the molecule is CCc1nnsc1C(=O)N1C[C@H]2CC[C@@H]1CN(Cc1ccc(F)cc1)C2. The number of aryl methyl sites for hydroxylation is 1. The highest BCUT2D eigenvalue weighted by Gasteiger charge is 2.38. The molecule has 5 nitrogen and oxygen atoms in total. The Morgan fingerprint density at radius 2 is 2.04 bits per heavy atom. The molecule has 7 heteroatoms. The summed E-state index contributed by atoms with van der Waals surface area (Å²) >= 11 is 1.21. The number of hydrogen-bond donors (Lipinski definition) is 0. The highest BCUT2D eigenvalue weighted by Crippen LogP contribution is 2.31. The molecule has 0 N–H and O–H groups in total. The predicted molar refractivity (Wildman–Crippen MR) is 98.5 cm³/mol. The van der Waals surface area contributed by atoms with Crippen LogP contribution in [0.4, 0.5) is 4.39 Å². The third-order valence-corrected chi connectivity index (χ3v) is 6.21. The molecule has 0 unspecified atom stereocenters. The molecule has 26 heavy (non-hydrogen) atoms. The van der Waals surface area contributed by atoms with Gasteiger partial charge >= 0.3 is 0 Å². The van der Waals surface area contributed by atoms with Gasteiger partial charge in [-0.1, -0.05) is 23.5 Å². The number of hydrogen-bond acceptors (Lipinski definition) is 5. The van der Waals surface area contributed by atoms with Crippen LogP contribution in [0.25, 0.3) is 0 Å². The Hall–Kier alpha value is -1.86.